The minimum Gasteiger partial charge on any atom is -0.330 e. The highest BCUT2D eigenvalue weighted by Crippen LogP contribution is 2.24. The molecular weight excluding hydrogens is 296 g/mol. The molecule has 3 N–H and O–H groups in total. The van der Waals surface area contributed by atoms with Crippen LogP contribution in [0.2, 0.25) is 5.02 Å². The van der Waals surface area contributed by atoms with Gasteiger partial charge < -0.3 is 5.73 Å². The molecule has 4 nitrogen and oxygen atoms in total. The smallest absolute Gasteiger partial charge is 0.261 e. The summed E-state index contributed by atoms with van der Waals surface area (Å²) in [6, 6.07) is 13.3. The zero-order valence-corrected chi connectivity index (χ0v) is 12.3. The summed E-state index contributed by atoms with van der Waals surface area (Å²) in [5.74, 6) is 0. The molecule has 0 aliphatic heterocycles. The van der Waals surface area contributed by atoms with Crippen LogP contribution in [0.4, 0.5) is 5.69 Å². The van der Waals surface area contributed by atoms with Crippen LogP contribution in [0.15, 0.2) is 53.4 Å². The molecular formula is C14H15ClN2O2S. The Morgan fingerprint density at radius 3 is 2.30 bits per heavy atom. The lowest BCUT2D eigenvalue weighted by Crippen LogP contribution is -2.13. The number of sulfonamides is 1. The zero-order chi connectivity index (χ0) is 14.6. The van der Waals surface area contributed by atoms with Gasteiger partial charge in [0, 0.05) is 0 Å². The Hall–Kier alpha value is -1.56. The van der Waals surface area contributed by atoms with Gasteiger partial charge in [-0.15, -0.1) is 0 Å². The van der Waals surface area contributed by atoms with Gasteiger partial charge in [-0.05, 0) is 42.8 Å². The van der Waals surface area contributed by atoms with E-state index in [1.165, 1.54) is 0 Å². The second-order valence-corrected chi connectivity index (χ2v) is 6.36. The SMILES string of the molecule is NCCc1ccc(S(=O)(=O)Nc2ccccc2Cl)cc1. The average Bonchev–Trinajstić information content (AvgIpc) is 2.42. The van der Waals surface area contributed by atoms with Gasteiger partial charge in [0.15, 0.2) is 0 Å². The molecule has 0 unspecified atom stereocenters. The Morgan fingerprint density at radius 2 is 1.70 bits per heavy atom. The van der Waals surface area contributed by atoms with Crippen molar-refractivity contribution in [3.05, 3.63) is 59.1 Å². The number of benzene rings is 2. The van der Waals surface area contributed by atoms with E-state index in [-0.39, 0.29) is 4.90 Å². The maximum atomic E-state index is 12.2. The van der Waals surface area contributed by atoms with E-state index < -0.39 is 10.0 Å². The van der Waals surface area contributed by atoms with Gasteiger partial charge >= 0.3 is 0 Å². The van der Waals surface area contributed by atoms with E-state index in [2.05, 4.69) is 4.72 Å². The molecule has 2 rings (SSSR count). The van der Waals surface area contributed by atoms with Gasteiger partial charge in [-0.25, -0.2) is 8.42 Å². The van der Waals surface area contributed by atoms with Crippen LogP contribution in [0.3, 0.4) is 0 Å². The number of nitrogens with two attached hydrogens (primary N) is 1. The predicted octanol–water partition coefficient (Wildman–Crippen LogP) is 2.64. The van der Waals surface area contributed by atoms with E-state index in [0.29, 0.717) is 17.3 Å². The average molecular weight is 311 g/mol. The Balaban J connectivity index is 2.24. The molecule has 6 heteroatoms. The first-order valence-corrected chi connectivity index (χ1v) is 7.95. The van der Waals surface area contributed by atoms with Crippen molar-refractivity contribution in [2.24, 2.45) is 5.73 Å². The molecule has 0 aliphatic rings. The van der Waals surface area contributed by atoms with Gasteiger partial charge in [0.2, 0.25) is 0 Å². The minimum atomic E-state index is -3.63. The summed E-state index contributed by atoms with van der Waals surface area (Å²) in [5.41, 5.74) is 6.82. The van der Waals surface area contributed by atoms with E-state index >= 15 is 0 Å². The first-order valence-electron chi connectivity index (χ1n) is 6.09. The molecule has 0 bridgehead atoms. The summed E-state index contributed by atoms with van der Waals surface area (Å²) in [5, 5.41) is 0.357. The summed E-state index contributed by atoms with van der Waals surface area (Å²) in [6.07, 6.45) is 0.721. The van der Waals surface area contributed by atoms with Crippen molar-refractivity contribution in [1.82, 2.24) is 0 Å². The lowest BCUT2D eigenvalue weighted by atomic mass is 10.2. The first kappa shape index (κ1) is 14.8. The number of hydrogen-bond donors (Lipinski definition) is 2. The molecule has 2 aromatic carbocycles. The molecule has 0 saturated carbocycles. The minimum absolute atomic E-state index is 0.193. The fraction of sp³-hybridized carbons (Fsp3) is 0.143. The molecule has 0 aliphatic carbocycles. The molecule has 0 saturated heterocycles. The second-order valence-electron chi connectivity index (χ2n) is 4.27. The lowest BCUT2D eigenvalue weighted by Gasteiger charge is -2.10. The van der Waals surface area contributed by atoms with E-state index in [0.717, 1.165) is 12.0 Å². The lowest BCUT2D eigenvalue weighted by molar-refractivity contribution is 0.601. The number of halogens is 1. The number of hydrogen-bond acceptors (Lipinski definition) is 3. The van der Waals surface area contributed by atoms with Gasteiger partial charge in [-0.1, -0.05) is 35.9 Å². The molecule has 0 spiro atoms. The van der Waals surface area contributed by atoms with E-state index in [1.807, 2.05) is 0 Å². The van der Waals surface area contributed by atoms with Crippen molar-refractivity contribution in [2.45, 2.75) is 11.3 Å². The molecule has 0 atom stereocenters. The topological polar surface area (TPSA) is 72.2 Å². The van der Waals surface area contributed by atoms with Gasteiger partial charge in [0.05, 0.1) is 15.6 Å². The highest BCUT2D eigenvalue weighted by Gasteiger charge is 2.15. The summed E-state index contributed by atoms with van der Waals surface area (Å²) in [7, 11) is -3.63. The molecule has 0 radical (unpaired) electrons. The van der Waals surface area contributed by atoms with E-state index in [9.17, 15) is 8.42 Å². The molecule has 0 amide bonds. The van der Waals surface area contributed by atoms with Crippen LogP contribution < -0.4 is 10.5 Å². The third kappa shape index (κ3) is 3.50. The maximum absolute atomic E-state index is 12.2. The molecule has 0 aromatic heterocycles. The van der Waals surface area contributed by atoms with Crippen LogP contribution in [-0.2, 0) is 16.4 Å². The molecule has 0 heterocycles. The fourth-order valence-corrected chi connectivity index (χ4v) is 3.07. The largest absolute Gasteiger partial charge is 0.330 e. The highest BCUT2D eigenvalue weighted by atomic mass is 35.5. The number of para-hydroxylation sites is 1. The van der Waals surface area contributed by atoms with Crippen molar-refractivity contribution in [3.63, 3.8) is 0 Å². The van der Waals surface area contributed by atoms with Gasteiger partial charge in [0.25, 0.3) is 10.0 Å². The summed E-state index contributed by atoms with van der Waals surface area (Å²) < 4.78 is 26.9. The number of rotatable bonds is 5. The van der Waals surface area contributed by atoms with Crippen molar-refractivity contribution in [3.8, 4) is 0 Å². The third-order valence-electron chi connectivity index (χ3n) is 2.78. The van der Waals surface area contributed by atoms with Gasteiger partial charge in [-0.3, -0.25) is 4.72 Å². The maximum Gasteiger partial charge on any atom is 0.261 e. The quantitative estimate of drug-likeness (QED) is 0.891. The summed E-state index contributed by atoms with van der Waals surface area (Å²) in [4.78, 5) is 0.193. The molecule has 0 fully saturated rings. The van der Waals surface area contributed by atoms with Crippen LogP contribution in [0.25, 0.3) is 0 Å². The molecule has 2 aromatic rings. The molecule has 106 valence electrons. The Morgan fingerprint density at radius 1 is 1.05 bits per heavy atom. The monoisotopic (exact) mass is 310 g/mol. The predicted molar refractivity (Wildman–Crippen MR) is 81.5 cm³/mol. The fourth-order valence-electron chi connectivity index (χ4n) is 1.75. The van der Waals surface area contributed by atoms with Crippen molar-refractivity contribution in [1.29, 1.82) is 0 Å². The summed E-state index contributed by atoms with van der Waals surface area (Å²) >= 11 is 5.94. The van der Waals surface area contributed by atoms with Crippen LogP contribution in [0.1, 0.15) is 5.56 Å². The van der Waals surface area contributed by atoms with E-state index in [1.54, 1.807) is 48.5 Å². The van der Waals surface area contributed by atoms with Crippen molar-refractivity contribution in [2.75, 3.05) is 11.3 Å². The first-order chi connectivity index (χ1) is 9.53. The van der Waals surface area contributed by atoms with Crippen LogP contribution in [-0.4, -0.2) is 15.0 Å². The zero-order valence-electron chi connectivity index (χ0n) is 10.7. The van der Waals surface area contributed by atoms with Crippen molar-refractivity contribution >= 4 is 27.3 Å². The van der Waals surface area contributed by atoms with E-state index in [4.69, 9.17) is 17.3 Å². The molecule has 20 heavy (non-hydrogen) atoms. The van der Waals surface area contributed by atoms with Gasteiger partial charge in [0.1, 0.15) is 0 Å². The standard InChI is InChI=1S/C14H15ClN2O2S/c15-13-3-1-2-4-14(13)17-20(18,19)12-7-5-11(6-8-12)9-10-16/h1-8,17H,9-10,16H2. The third-order valence-corrected chi connectivity index (χ3v) is 4.50. The van der Waals surface area contributed by atoms with Gasteiger partial charge in [-0.2, -0.15) is 0 Å². The Labute approximate surface area is 123 Å². The van der Waals surface area contributed by atoms with Crippen LogP contribution in [0.5, 0.6) is 0 Å². The number of anilines is 1. The normalized spacial score (nSPS) is 11.3. The highest BCUT2D eigenvalue weighted by molar-refractivity contribution is 7.92. The van der Waals surface area contributed by atoms with Crippen LogP contribution >= 0.6 is 11.6 Å². The number of nitrogens with one attached hydrogen (secondary N) is 1. The van der Waals surface area contributed by atoms with Crippen LogP contribution in [0, 0.1) is 0 Å². The summed E-state index contributed by atoms with van der Waals surface area (Å²) in [6.45, 7) is 0.532. The van der Waals surface area contributed by atoms with Crippen molar-refractivity contribution < 1.29 is 8.42 Å². The Bertz CT molecular complexity index is 685. The Kier molecular flexibility index (Phi) is 4.65. The second kappa shape index (κ2) is 6.26.